The highest BCUT2D eigenvalue weighted by Crippen LogP contribution is 2.32. The van der Waals surface area contributed by atoms with E-state index in [2.05, 4.69) is 18.3 Å². The molecule has 1 aromatic rings. The molecule has 0 saturated carbocycles. The number of benzene rings is 1. The number of rotatable bonds is 6. The van der Waals surface area contributed by atoms with Crippen molar-refractivity contribution in [1.82, 2.24) is 5.32 Å². The third-order valence-corrected chi connectivity index (χ3v) is 3.92. The predicted octanol–water partition coefficient (Wildman–Crippen LogP) is 2.92. The number of aliphatic hydroxyl groups excluding tert-OH is 1. The predicted molar refractivity (Wildman–Crippen MR) is 71.2 cm³/mol. The first-order valence-electron chi connectivity index (χ1n) is 5.38. The summed E-state index contributed by atoms with van der Waals surface area (Å²) >= 11 is 7.93. The fourth-order valence-corrected chi connectivity index (χ4v) is 2.89. The van der Waals surface area contributed by atoms with E-state index in [1.54, 1.807) is 11.8 Å². The maximum Gasteiger partial charge on any atom is 0.0462 e. The van der Waals surface area contributed by atoms with Crippen molar-refractivity contribution < 1.29 is 5.11 Å². The van der Waals surface area contributed by atoms with E-state index in [0.717, 1.165) is 23.6 Å². The van der Waals surface area contributed by atoms with Gasteiger partial charge >= 0.3 is 0 Å². The fraction of sp³-hybridized carbons (Fsp3) is 0.500. The number of thioether (sulfide) groups is 1. The lowest BCUT2D eigenvalue weighted by molar-refractivity contribution is 0.289. The fourth-order valence-electron chi connectivity index (χ4n) is 1.46. The molecule has 0 aromatic heterocycles. The summed E-state index contributed by atoms with van der Waals surface area (Å²) in [6, 6.07) is 5.96. The standard InChI is InChI=1S/C12H18ClNOS/c1-9(6-7-15)16-12-5-3-4-11(13)10(12)8-14-2/h3-5,9,14-15H,6-8H2,1-2H3. The average molecular weight is 260 g/mol. The number of hydrogen-bond donors (Lipinski definition) is 2. The molecule has 1 atom stereocenters. The van der Waals surface area contributed by atoms with Gasteiger partial charge < -0.3 is 10.4 Å². The Labute approximate surface area is 106 Å². The molecule has 0 bridgehead atoms. The highest BCUT2D eigenvalue weighted by Gasteiger charge is 2.10. The van der Waals surface area contributed by atoms with Gasteiger partial charge in [0.2, 0.25) is 0 Å². The van der Waals surface area contributed by atoms with E-state index in [4.69, 9.17) is 16.7 Å². The smallest absolute Gasteiger partial charge is 0.0462 e. The molecular weight excluding hydrogens is 242 g/mol. The van der Waals surface area contributed by atoms with Crippen LogP contribution in [-0.4, -0.2) is 24.0 Å². The molecule has 0 radical (unpaired) electrons. The Bertz CT molecular complexity index is 333. The summed E-state index contributed by atoms with van der Waals surface area (Å²) in [6.45, 7) is 3.12. The summed E-state index contributed by atoms with van der Waals surface area (Å²) < 4.78 is 0. The van der Waals surface area contributed by atoms with E-state index in [0.29, 0.717) is 5.25 Å². The number of nitrogens with one attached hydrogen (secondary N) is 1. The van der Waals surface area contributed by atoms with Crippen LogP contribution in [0.2, 0.25) is 5.02 Å². The van der Waals surface area contributed by atoms with Crippen LogP contribution in [-0.2, 0) is 6.54 Å². The van der Waals surface area contributed by atoms with E-state index >= 15 is 0 Å². The van der Waals surface area contributed by atoms with Gasteiger partial charge in [0.25, 0.3) is 0 Å². The van der Waals surface area contributed by atoms with Crippen molar-refractivity contribution in [2.75, 3.05) is 13.7 Å². The van der Waals surface area contributed by atoms with E-state index in [-0.39, 0.29) is 6.61 Å². The van der Waals surface area contributed by atoms with Gasteiger partial charge in [0.15, 0.2) is 0 Å². The van der Waals surface area contributed by atoms with Crippen LogP contribution in [0.5, 0.6) is 0 Å². The Hall–Kier alpha value is -0.220. The second-order valence-electron chi connectivity index (χ2n) is 3.69. The summed E-state index contributed by atoms with van der Waals surface area (Å²) in [6.07, 6.45) is 0.802. The Balaban J connectivity index is 2.81. The van der Waals surface area contributed by atoms with Gasteiger partial charge in [-0.25, -0.2) is 0 Å². The first-order chi connectivity index (χ1) is 7.69. The Morgan fingerprint density at radius 2 is 2.25 bits per heavy atom. The maximum atomic E-state index is 8.89. The minimum absolute atomic E-state index is 0.232. The number of hydrogen-bond acceptors (Lipinski definition) is 3. The largest absolute Gasteiger partial charge is 0.396 e. The number of halogens is 1. The molecule has 2 N–H and O–H groups in total. The molecule has 0 fully saturated rings. The maximum absolute atomic E-state index is 8.89. The summed E-state index contributed by atoms with van der Waals surface area (Å²) in [7, 11) is 1.91. The summed E-state index contributed by atoms with van der Waals surface area (Å²) in [5, 5.41) is 13.2. The lowest BCUT2D eigenvalue weighted by Crippen LogP contribution is -2.08. The monoisotopic (exact) mass is 259 g/mol. The van der Waals surface area contributed by atoms with E-state index in [1.807, 2.05) is 19.2 Å². The Kier molecular flexibility index (Phi) is 6.21. The minimum Gasteiger partial charge on any atom is -0.396 e. The SMILES string of the molecule is CNCc1c(Cl)cccc1SC(C)CCO. The molecular formula is C12H18ClNOS. The quantitative estimate of drug-likeness (QED) is 0.771. The van der Waals surface area contributed by atoms with Gasteiger partial charge in [0.1, 0.15) is 0 Å². The summed E-state index contributed by atoms with van der Waals surface area (Å²) in [5.41, 5.74) is 1.14. The van der Waals surface area contributed by atoms with Crippen LogP contribution in [0, 0.1) is 0 Å². The lowest BCUT2D eigenvalue weighted by atomic mass is 10.2. The Morgan fingerprint density at radius 3 is 2.88 bits per heavy atom. The molecule has 0 amide bonds. The first kappa shape index (κ1) is 13.8. The van der Waals surface area contributed by atoms with Gasteiger partial charge in [-0.2, -0.15) is 0 Å². The van der Waals surface area contributed by atoms with Crippen molar-refractivity contribution in [2.45, 2.75) is 30.0 Å². The molecule has 2 nitrogen and oxygen atoms in total. The van der Waals surface area contributed by atoms with Crippen molar-refractivity contribution in [3.05, 3.63) is 28.8 Å². The normalized spacial score (nSPS) is 12.8. The van der Waals surface area contributed by atoms with Gasteiger partial charge in [-0.1, -0.05) is 24.6 Å². The minimum atomic E-state index is 0.232. The average Bonchev–Trinajstić information content (AvgIpc) is 2.23. The molecule has 0 saturated heterocycles. The van der Waals surface area contributed by atoms with E-state index in [1.165, 1.54) is 4.90 Å². The summed E-state index contributed by atoms with van der Waals surface area (Å²) in [5.74, 6) is 0. The highest BCUT2D eigenvalue weighted by molar-refractivity contribution is 8.00. The van der Waals surface area contributed by atoms with Crippen molar-refractivity contribution in [2.24, 2.45) is 0 Å². The zero-order valence-corrected chi connectivity index (χ0v) is 11.2. The highest BCUT2D eigenvalue weighted by atomic mass is 35.5. The van der Waals surface area contributed by atoms with Crippen molar-refractivity contribution >= 4 is 23.4 Å². The van der Waals surface area contributed by atoms with Gasteiger partial charge in [0.05, 0.1) is 0 Å². The van der Waals surface area contributed by atoms with Crippen molar-refractivity contribution in [3.63, 3.8) is 0 Å². The summed E-state index contributed by atoms with van der Waals surface area (Å²) in [4.78, 5) is 1.20. The first-order valence-corrected chi connectivity index (χ1v) is 6.64. The van der Waals surface area contributed by atoms with E-state index < -0.39 is 0 Å². The number of aliphatic hydroxyl groups is 1. The second kappa shape index (κ2) is 7.17. The van der Waals surface area contributed by atoms with Crippen LogP contribution in [0.3, 0.4) is 0 Å². The molecule has 4 heteroatoms. The molecule has 90 valence electrons. The van der Waals surface area contributed by atoms with Gasteiger partial charge in [-0.3, -0.25) is 0 Å². The Morgan fingerprint density at radius 1 is 1.50 bits per heavy atom. The van der Waals surface area contributed by atoms with Crippen molar-refractivity contribution in [1.29, 1.82) is 0 Å². The van der Waals surface area contributed by atoms with Crippen molar-refractivity contribution in [3.8, 4) is 0 Å². The van der Waals surface area contributed by atoms with Crippen LogP contribution in [0.1, 0.15) is 18.9 Å². The molecule has 0 aliphatic carbocycles. The van der Waals surface area contributed by atoms with Gasteiger partial charge in [0, 0.05) is 28.3 Å². The molecule has 1 rings (SSSR count). The molecule has 1 unspecified atom stereocenters. The molecule has 0 aliphatic heterocycles. The van der Waals surface area contributed by atoms with Gasteiger partial charge in [-0.15, -0.1) is 11.8 Å². The molecule has 0 aliphatic rings. The molecule has 1 aromatic carbocycles. The molecule has 0 heterocycles. The van der Waals surface area contributed by atoms with Gasteiger partial charge in [-0.05, 0) is 31.2 Å². The van der Waals surface area contributed by atoms with Crippen LogP contribution < -0.4 is 5.32 Å². The van der Waals surface area contributed by atoms with Crippen LogP contribution >= 0.6 is 23.4 Å². The topological polar surface area (TPSA) is 32.3 Å². The van der Waals surface area contributed by atoms with Crippen LogP contribution in [0.25, 0.3) is 0 Å². The zero-order valence-electron chi connectivity index (χ0n) is 9.66. The zero-order chi connectivity index (χ0) is 12.0. The van der Waals surface area contributed by atoms with Crippen LogP contribution in [0.4, 0.5) is 0 Å². The lowest BCUT2D eigenvalue weighted by Gasteiger charge is -2.14. The van der Waals surface area contributed by atoms with Crippen LogP contribution in [0.15, 0.2) is 23.1 Å². The molecule has 16 heavy (non-hydrogen) atoms. The molecule has 0 spiro atoms. The third-order valence-electron chi connectivity index (χ3n) is 2.29. The third kappa shape index (κ3) is 3.98. The van der Waals surface area contributed by atoms with E-state index in [9.17, 15) is 0 Å². The second-order valence-corrected chi connectivity index (χ2v) is 5.58.